The number of alkyl halides is 2. The highest BCUT2D eigenvalue weighted by molar-refractivity contribution is 5.76. The molecule has 0 amide bonds. The van der Waals surface area contributed by atoms with Gasteiger partial charge in [0.15, 0.2) is 23.9 Å². The van der Waals surface area contributed by atoms with Gasteiger partial charge in [-0.2, -0.15) is 0 Å². The molecular formula is C26H26F4O. The van der Waals surface area contributed by atoms with Crippen molar-refractivity contribution in [1.29, 1.82) is 0 Å². The summed E-state index contributed by atoms with van der Waals surface area (Å²) >= 11 is 0. The predicted molar refractivity (Wildman–Crippen MR) is 115 cm³/mol. The van der Waals surface area contributed by atoms with Crippen LogP contribution in [0.25, 0.3) is 11.1 Å². The molecule has 0 spiro atoms. The lowest BCUT2D eigenvalue weighted by Gasteiger charge is -2.30. The van der Waals surface area contributed by atoms with E-state index in [9.17, 15) is 8.78 Å². The molecule has 0 aliphatic heterocycles. The van der Waals surface area contributed by atoms with Gasteiger partial charge in [0.05, 0.1) is 6.61 Å². The van der Waals surface area contributed by atoms with Crippen molar-refractivity contribution >= 4 is 0 Å². The van der Waals surface area contributed by atoms with E-state index < -0.39 is 29.5 Å². The topological polar surface area (TPSA) is 9.23 Å². The maximum atomic E-state index is 15.5. The van der Waals surface area contributed by atoms with Gasteiger partial charge in [-0.1, -0.05) is 35.9 Å². The third kappa shape index (κ3) is 3.79. The van der Waals surface area contributed by atoms with Gasteiger partial charge in [0.25, 0.3) is 0 Å². The highest BCUT2D eigenvalue weighted by Gasteiger charge is 2.40. The second-order valence-corrected chi connectivity index (χ2v) is 8.17. The molecule has 164 valence electrons. The van der Waals surface area contributed by atoms with E-state index in [2.05, 4.69) is 12.7 Å². The molecule has 0 saturated carbocycles. The number of hydrogen-bond acceptors (Lipinski definition) is 1. The Kier molecular flexibility index (Phi) is 6.22. The largest absolute Gasteiger partial charge is 0.491 e. The summed E-state index contributed by atoms with van der Waals surface area (Å²) in [5.74, 6) is -1.84. The van der Waals surface area contributed by atoms with Crippen LogP contribution in [-0.2, 0) is 0 Å². The number of halogens is 4. The maximum absolute atomic E-state index is 15.5. The third-order valence-electron chi connectivity index (χ3n) is 6.37. The summed E-state index contributed by atoms with van der Waals surface area (Å²) in [6.07, 6.45) is 3.59. The lowest BCUT2D eigenvalue weighted by molar-refractivity contribution is 0.159. The first-order valence-electron chi connectivity index (χ1n) is 10.8. The maximum Gasteiger partial charge on any atom is 0.171 e. The first kappa shape index (κ1) is 21.7. The second kappa shape index (κ2) is 8.89. The molecule has 1 nitrogen and oxygen atoms in total. The van der Waals surface area contributed by atoms with E-state index in [-0.39, 0.29) is 35.0 Å². The van der Waals surface area contributed by atoms with E-state index in [1.54, 1.807) is 19.1 Å². The number of ether oxygens (including phenoxy) is 1. The van der Waals surface area contributed by atoms with E-state index in [1.807, 2.05) is 6.08 Å². The molecule has 3 atom stereocenters. The van der Waals surface area contributed by atoms with Crippen LogP contribution < -0.4 is 4.74 Å². The summed E-state index contributed by atoms with van der Waals surface area (Å²) in [4.78, 5) is 0. The molecule has 2 aromatic rings. The molecule has 31 heavy (non-hydrogen) atoms. The van der Waals surface area contributed by atoms with E-state index in [1.165, 1.54) is 17.7 Å². The quantitative estimate of drug-likeness (QED) is 0.331. The Morgan fingerprint density at radius 3 is 2.32 bits per heavy atom. The molecule has 3 unspecified atom stereocenters. The zero-order chi connectivity index (χ0) is 22.1. The predicted octanol–water partition coefficient (Wildman–Crippen LogP) is 8.23. The fourth-order valence-corrected chi connectivity index (χ4v) is 4.75. The van der Waals surface area contributed by atoms with Crippen LogP contribution in [0.4, 0.5) is 17.6 Å². The van der Waals surface area contributed by atoms with Crippen LogP contribution in [0.5, 0.6) is 5.75 Å². The van der Waals surface area contributed by atoms with Crippen LogP contribution in [0.15, 0.2) is 48.6 Å². The van der Waals surface area contributed by atoms with Crippen LogP contribution >= 0.6 is 0 Å². The summed E-state index contributed by atoms with van der Waals surface area (Å²) < 4.78 is 65.6. The molecule has 0 bridgehead atoms. The van der Waals surface area contributed by atoms with Crippen LogP contribution in [-0.4, -0.2) is 6.61 Å². The molecular weight excluding hydrogens is 404 g/mol. The SMILES string of the molecule is C=CCCC1=CCC(c2ccc3c(c2F)C(F)C(F)c2c-3ccc(OCC)c2F)CC1. The average molecular weight is 430 g/mol. The van der Waals surface area contributed by atoms with Crippen molar-refractivity contribution in [1.82, 2.24) is 0 Å². The Hall–Kier alpha value is -2.56. The Bertz CT molecular complexity index is 1030. The van der Waals surface area contributed by atoms with Crippen molar-refractivity contribution in [3.8, 4) is 16.9 Å². The van der Waals surface area contributed by atoms with E-state index in [0.29, 0.717) is 12.0 Å². The zero-order valence-corrected chi connectivity index (χ0v) is 17.6. The summed E-state index contributed by atoms with van der Waals surface area (Å²) in [5.41, 5.74) is 1.42. The zero-order valence-electron chi connectivity index (χ0n) is 17.6. The summed E-state index contributed by atoms with van der Waals surface area (Å²) in [6, 6.07) is 6.11. The smallest absolute Gasteiger partial charge is 0.171 e. The van der Waals surface area contributed by atoms with Gasteiger partial charge in [0.2, 0.25) is 0 Å². The minimum atomic E-state index is -2.29. The Balaban J connectivity index is 1.72. The van der Waals surface area contributed by atoms with Gasteiger partial charge in [-0.25, -0.2) is 17.6 Å². The highest BCUT2D eigenvalue weighted by Crippen LogP contribution is 2.52. The van der Waals surface area contributed by atoms with Gasteiger partial charge in [0, 0.05) is 11.1 Å². The highest BCUT2D eigenvalue weighted by atomic mass is 19.2. The summed E-state index contributed by atoms with van der Waals surface area (Å²) in [6.45, 7) is 5.61. The summed E-state index contributed by atoms with van der Waals surface area (Å²) in [7, 11) is 0. The molecule has 0 saturated heterocycles. The molecule has 0 heterocycles. The van der Waals surface area contributed by atoms with E-state index in [0.717, 1.165) is 25.7 Å². The van der Waals surface area contributed by atoms with Crippen molar-refractivity contribution in [2.75, 3.05) is 6.61 Å². The lowest BCUT2D eigenvalue weighted by Crippen LogP contribution is -2.17. The molecule has 2 aliphatic rings. The standard InChI is InChI=1S/C26H26F4O/c1-3-5-6-15-7-9-16(10-8-15)17-11-12-18-19-13-14-20(31-4-2)24(28)22(19)26(30)25(29)21(18)23(17)27/h3,7,11-14,16,25-26H,1,4-6,8-10H2,2H3. The minimum Gasteiger partial charge on any atom is -0.491 e. The molecule has 2 aromatic carbocycles. The van der Waals surface area contributed by atoms with Gasteiger partial charge >= 0.3 is 0 Å². The monoisotopic (exact) mass is 430 g/mol. The third-order valence-corrected chi connectivity index (χ3v) is 6.37. The van der Waals surface area contributed by atoms with Crippen molar-refractivity contribution < 1.29 is 22.3 Å². The fourth-order valence-electron chi connectivity index (χ4n) is 4.75. The van der Waals surface area contributed by atoms with Crippen molar-refractivity contribution in [3.05, 3.63) is 76.9 Å². The fraction of sp³-hybridized carbons (Fsp3) is 0.385. The number of hydrogen-bond donors (Lipinski definition) is 0. The number of benzene rings is 2. The molecule has 2 aliphatic carbocycles. The van der Waals surface area contributed by atoms with Crippen molar-refractivity contribution in [2.24, 2.45) is 0 Å². The van der Waals surface area contributed by atoms with Crippen LogP contribution in [0.3, 0.4) is 0 Å². The van der Waals surface area contributed by atoms with Crippen LogP contribution in [0, 0.1) is 11.6 Å². The normalized spacial score (nSPS) is 22.4. The molecule has 5 heteroatoms. The Morgan fingerprint density at radius 1 is 1.03 bits per heavy atom. The molecule has 0 N–H and O–H groups in total. The van der Waals surface area contributed by atoms with Gasteiger partial charge in [0.1, 0.15) is 5.82 Å². The number of fused-ring (bicyclic) bond motifs is 3. The average Bonchev–Trinajstić information content (AvgIpc) is 2.78. The number of allylic oxidation sites excluding steroid dienone is 3. The molecule has 0 fully saturated rings. The van der Waals surface area contributed by atoms with Crippen molar-refractivity contribution in [2.45, 2.75) is 57.3 Å². The second-order valence-electron chi connectivity index (χ2n) is 8.17. The lowest BCUT2D eigenvalue weighted by atomic mass is 9.78. The van der Waals surface area contributed by atoms with Gasteiger partial charge in [-0.05, 0) is 67.7 Å². The minimum absolute atomic E-state index is 0.0819. The van der Waals surface area contributed by atoms with Crippen LogP contribution in [0.2, 0.25) is 0 Å². The van der Waals surface area contributed by atoms with E-state index >= 15 is 8.78 Å². The van der Waals surface area contributed by atoms with Crippen molar-refractivity contribution in [3.63, 3.8) is 0 Å². The van der Waals surface area contributed by atoms with E-state index in [4.69, 9.17) is 4.74 Å². The summed E-state index contributed by atoms with van der Waals surface area (Å²) in [5, 5.41) is 0. The van der Waals surface area contributed by atoms with Gasteiger partial charge in [-0.3, -0.25) is 0 Å². The number of rotatable bonds is 6. The molecule has 0 radical (unpaired) electrons. The van der Waals surface area contributed by atoms with Gasteiger partial charge in [-0.15, -0.1) is 6.58 Å². The first-order valence-corrected chi connectivity index (χ1v) is 10.8. The van der Waals surface area contributed by atoms with Crippen LogP contribution in [0.1, 0.15) is 74.0 Å². The Labute approximate surface area is 180 Å². The molecule has 0 aromatic heterocycles. The first-order chi connectivity index (χ1) is 15.0. The Morgan fingerprint density at radius 2 is 1.71 bits per heavy atom. The molecule has 4 rings (SSSR count). The van der Waals surface area contributed by atoms with Gasteiger partial charge < -0.3 is 4.74 Å².